The molecular formula is C22H30NO4+. The highest BCUT2D eigenvalue weighted by atomic mass is 16.5. The molecule has 5 nitrogen and oxygen atoms in total. The third kappa shape index (κ3) is 5.37. The lowest BCUT2D eigenvalue weighted by molar-refractivity contribution is -0.908. The van der Waals surface area contributed by atoms with Crippen molar-refractivity contribution >= 4 is 0 Å². The molecule has 1 aliphatic heterocycles. The average Bonchev–Trinajstić information content (AvgIpc) is 2.73. The van der Waals surface area contributed by atoms with E-state index in [-0.39, 0.29) is 0 Å². The van der Waals surface area contributed by atoms with Crippen LogP contribution in [0.15, 0.2) is 48.5 Å². The van der Waals surface area contributed by atoms with Gasteiger partial charge >= 0.3 is 0 Å². The summed E-state index contributed by atoms with van der Waals surface area (Å²) in [5, 5.41) is 10.3. The lowest BCUT2D eigenvalue weighted by Crippen LogP contribution is -3.14. The SMILES string of the molecule is COc1ccc(OC[C@@H](O)C[NH+]2CCC(c3ccccc3OC)CC2)cc1. The molecule has 2 N–H and O–H groups in total. The molecule has 0 bridgehead atoms. The first-order chi connectivity index (χ1) is 13.2. The van der Waals surface area contributed by atoms with Gasteiger partial charge in [0, 0.05) is 12.8 Å². The number of rotatable bonds is 8. The van der Waals surface area contributed by atoms with Crippen molar-refractivity contribution in [1.29, 1.82) is 0 Å². The molecular weight excluding hydrogens is 342 g/mol. The van der Waals surface area contributed by atoms with Gasteiger partial charge in [0.2, 0.25) is 0 Å². The Balaban J connectivity index is 1.43. The van der Waals surface area contributed by atoms with Crippen molar-refractivity contribution in [2.45, 2.75) is 24.9 Å². The number of aliphatic hydroxyl groups is 1. The van der Waals surface area contributed by atoms with Gasteiger partial charge in [0.15, 0.2) is 0 Å². The summed E-state index contributed by atoms with van der Waals surface area (Å²) < 4.78 is 16.3. The number of para-hydroxylation sites is 1. The zero-order valence-electron chi connectivity index (χ0n) is 16.2. The Labute approximate surface area is 161 Å². The van der Waals surface area contributed by atoms with Crippen LogP contribution in [-0.2, 0) is 0 Å². The minimum atomic E-state index is -0.468. The van der Waals surface area contributed by atoms with E-state index in [1.54, 1.807) is 14.2 Å². The van der Waals surface area contributed by atoms with Crippen LogP contribution >= 0.6 is 0 Å². The van der Waals surface area contributed by atoms with Crippen LogP contribution in [0.2, 0.25) is 0 Å². The molecule has 0 aromatic heterocycles. The standard InChI is InChI=1S/C22H29NO4/c1-25-19-7-9-20(10-8-19)27-16-18(24)15-23-13-11-17(12-14-23)21-5-3-4-6-22(21)26-2/h3-10,17-18,24H,11-16H2,1-2H3/p+1/t18-/m0/s1. The van der Waals surface area contributed by atoms with E-state index in [4.69, 9.17) is 14.2 Å². The summed E-state index contributed by atoms with van der Waals surface area (Å²) in [4.78, 5) is 1.44. The van der Waals surface area contributed by atoms with Crippen molar-refractivity contribution in [2.24, 2.45) is 0 Å². The molecule has 0 unspecified atom stereocenters. The van der Waals surface area contributed by atoms with Crippen molar-refractivity contribution in [3.63, 3.8) is 0 Å². The quantitative estimate of drug-likeness (QED) is 0.743. The van der Waals surface area contributed by atoms with Crippen molar-refractivity contribution in [2.75, 3.05) is 40.5 Å². The van der Waals surface area contributed by atoms with Gasteiger partial charge in [-0.1, -0.05) is 18.2 Å². The molecule has 3 rings (SSSR count). The zero-order valence-corrected chi connectivity index (χ0v) is 16.2. The number of aliphatic hydroxyl groups excluding tert-OH is 1. The Kier molecular flexibility index (Phi) is 6.96. The van der Waals surface area contributed by atoms with Crippen LogP contribution in [0, 0.1) is 0 Å². The van der Waals surface area contributed by atoms with Gasteiger partial charge < -0.3 is 24.2 Å². The summed E-state index contributed by atoms with van der Waals surface area (Å²) in [5.41, 5.74) is 1.31. The van der Waals surface area contributed by atoms with Crippen molar-refractivity contribution in [3.05, 3.63) is 54.1 Å². The van der Waals surface area contributed by atoms with E-state index in [0.29, 0.717) is 12.5 Å². The fourth-order valence-corrected chi connectivity index (χ4v) is 3.80. The predicted octanol–water partition coefficient (Wildman–Crippen LogP) is 1.91. The molecule has 1 aliphatic rings. The van der Waals surface area contributed by atoms with Gasteiger partial charge in [-0.05, 0) is 41.8 Å². The smallest absolute Gasteiger partial charge is 0.137 e. The number of quaternary nitrogens is 1. The highest BCUT2D eigenvalue weighted by Crippen LogP contribution is 2.31. The van der Waals surface area contributed by atoms with E-state index in [2.05, 4.69) is 12.1 Å². The third-order valence-electron chi connectivity index (χ3n) is 5.30. The Morgan fingerprint density at radius 1 is 0.963 bits per heavy atom. The molecule has 0 amide bonds. The van der Waals surface area contributed by atoms with Crippen LogP contribution in [-0.4, -0.2) is 51.7 Å². The van der Waals surface area contributed by atoms with Gasteiger partial charge in [-0.15, -0.1) is 0 Å². The first-order valence-electron chi connectivity index (χ1n) is 9.61. The van der Waals surface area contributed by atoms with Gasteiger partial charge in [-0.2, -0.15) is 0 Å². The number of methoxy groups -OCH3 is 2. The van der Waals surface area contributed by atoms with Crippen LogP contribution < -0.4 is 19.1 Å². The van der Waals surface area contributed by atoms with Crippen LogP contribution in [0.4, 0.5) is 0 Å². The second-order valence-corrected chi connectivity index (χ2v) is 7.11. The molecule has 2 aromatic rings. The number of hydrogen-bond donors (Lipinski definition) is 2. The molecule has 1 heterocycles. The van der Waals surface area contributed by atoms with Gasteiger partial charge in [-0.25, -0.2) is 0 Å². The van der Waals surface area contributed by atoms with E-state index in [9.17, 15) is 5.11 Å². The number of nitrogens with one attached hydrogen (secondary N) is 1. The fraction of sp³-hybridized carbons (Fsp3) is 0.455. The van der Waals surface area contributed by atoms with E-state index in [1.807, 2.05) is 36.4 Å². The first-order valence-corrected chi connectivity index (χ1v) is 9.61. The van der Waals surface area contributed by atoms with Gasteiger partial charge in [-0.3, -0.25) is 0 Å². The number of piperidine rings is 1. The Morgan fingerprint density at radius 3 is 2.30 bits per heavy atom. The van der Waals surface area contributed by atoms with E-state index in [1.165, 1.54) is 10.5 Å². The Bertz CT molecular complexity index is 696. The maximum Gasteiger partial charge on any atom is 0.137 e. The maximum atomic E-state index is 10.3. The van der Waals surface area contributed by atoms with Gasteiger partial charge in [0.1, 0.15) is 36.5 Å². The normalized spacial score (nSPS) is 20.7. The zero-order chi connectivity index (χ0) is 19.1. The molecule has 0 saturated carbocycles. The number of hydrogen-bond acceptors (Lipinski definition) is 4. The molecule has 1 saturated heterocycles. The predicted molar refractivity (Wildman–Crippen MR) is 105 cm³/mol. The summed E-state index contributed by atoms with van der Waals surface area (Å²) in [6.07, 6.45) is 1.76. The average molecular weight is 372 g/mol. The molecule has 0 aliphatic carbocycles. The highest BCUT2D eigenvalue weighted by molar-refractivity contribution is 5.36. The minimum absolute atomic E-state index is 0.311. The van der Waals surface area contributed by atoms with Crippen molar-refractivity contribution in [3.8, 4) is 17.2 Å². The van der Waals surface area contributed by atoms with Crippen LogP contribution in [0.5, 0.6) is 17.2 Å². The van der Waals surface area contributed by atoms with Gasteiger partial charge in [0.25, 0.3) is 0 Å². The van der Waals surface area contributed by atoms with E-state index < -0.39 is 6.10 Å². The largest absolute Gasteiger partial charge is 0.497 e. The summed E-state index contributed by atoms with van der Waals surface area (Å²) in [6.45, 7) is 3.14. The summed E-state index contributed by atoms with van der Waals surface area (Å²) >= 11 is 0. The number of benzene rings is 2. The van der Waals surface area contributed by atoms with E-state index in [0.717, 1.165) is 49.7 Å². The maximum absolute atomic E-state index is 10.3. The van der Waals surface area contributed by atoms with Crippen LogP contribution in [0.1, 0.15) is 24.3 Å². The van der Waals surface area contributed by atoms with Crippen molar-refractivity contribution in [1.82, 2.24) is 0 Å². The fourth-order valence-electron chi connectivity index (χ4n) is 3.80. The molecule has 27 heavy (non-hydrogen) atoms. The number of ether oxygens (including phenoxy) is 3. The number of likely N-dealkylation sites (tertiary alicyclic amines) is 1. The monoisotopic (exact) mass is 372 g/mol. The first kappa shape index (κ1) is 19.5. The van der Waals surface area contributed by atoms with Crippen molar-refractivity contribution < 1.29 is 24.2 Å². The summed E-state index contributed by atoms with van der Waals surface area (Å²) in [6, 6.07) is 15.7. The summed E-state index contributed by atoms with van der Waals surface area (Å²) in [7, 11) is 3.37. The molecule has 2 aromatic carbocycles. The molecule has 1 atom stereocenters. The highest BCUT2D eigenvalue weighted by Gasteiger charge is 2.26. The van der Waals surface area contributed by atoms with Gasteiger partial charge in [0.05, 0.1) is 27.3 Å². The lowest BCUT2D eigenvalue weighted by atomic mass is 9.88. The molecule has 0 radical (unpaired) electrons. The topological polar surface area (TPSA) is 52.4 Å². The lowest BCUT2D eigenvalue weighted by Gasteiger charge is -2.31. The third-order valence-corrected chi connectivity index (χ3v) is 5.30. The van der Waals surface area contributed by atoms with Crippen LogP contribution in [0.3, 0.4) is 0 Å². The molecule has 146 valence electrons. The Hall–Kier alpha value is -2.24. The van der Waals surface area contributed by atoms with Crippen LogP contribution in [0.25, 0.3) is 0 Å². The van der Waals surface area contributed by atoms with E-state index >= 15 is 0 Å². The second kappa shape index (κ2) is 9.62. The molecule has 5 heteroatoms. The Morgan fingerprint density at radius 2 is 1.63 bits per heavy atom. The summed E-state index contributed by atoms with van der Waals surface area (Å²) in [5.74, 6) is 3.07. The molecule has 0 spiro atoms. The second-order valence-electron chi connectivity index (χ2n) is 7.11. The minimum Gasteiger partial charge on any atom is -0.497 e. The molecule has 1 fully saturated rings.